The van der Waals surface area contributed by atoms with Crippen LogP contribution in [0.4, 0.5) is 0 Å². The quantitative estimate of drug-likeness (QED) is 0.739. The van der Waals surface area contributed by atoms with E-state index >= 15 is 0 Å². The molecule has 1 aromatic carbocycles. The summed E-state index contributed by atoms with van der Waals surface area (Å²) in [4.78, 5) is 19.0. The molecule has 0 aliphatic carbocycles. The van der Waals surface area contributed by atoms with Crippen molar-refractivity contribution in [2.75, 3.05) is 13.1 Å². The summed E-state index contributed by atoms with van der Waals surface area (Å²) in [5.41, 5.74) is 3.03. The van der Waals surface area contributed by atoms with Crippen LogP contribution in [0.15, 0.2) is 55.0 Å². The maximum Gasteiger partial charge on any atom is 0.255 e. The van der Waals surface area contributed by atoms with E-state index < -0.39 is 0 Å². The number of pyridine rings is 1. The van der Waals surface area contributed by atoms with Gasteiger partial charge in [0.1, 0.15) is 0 Å². The number of para-hydroxylation sites is 1. The first-order chi connectivity index (χ1) is 12.3. The van der Waals surface area contributed by atoms with Gasteiger partial charge in [0.05, 0.1) is 23.5 Å². The summed E-state index contributed by atoms with van der Waals surface area (Å²) in [6.07, 6.45) is 8.02. The van der Waals surface area contributed by atoms with Crippen molar-refractivity contribution in [3.05, 3.63) is 66.1 Å². The number of likely N-dealkylation sites (tertiary alicyclic amines) is 1. The van der Waals surface area contributed by atoms with E-state index in [4.69, 9.17) is 0 Å². The van der Waals surface area contributed by atoms with Gasteiger partial charge in [-0.2, -0.15) is 10.2 Å². The van der Waals surface area contributed by atoms with Crippen LogP contribution in [-0.2, 0) is 6.42 Å². The van der Waals surface area contributed by atoms with Crippen molar-refractivity contribution < 1.29 is 4.79 Å². The van der Waals surface area contributed by atoms with E-state index in [9.17, 15) is 4.79 Å². The largest absolute Gasteiger partial charge is 0.339 e. The molecule has 1 aliphatic heterocycles. The number of hydrogen-bond donors (Lipinski definition) is 0. The third-order valence-corrected chi connectivity index (χ3v) is 4.96. The lowest BCUT2D eigenvalue weighted by Gasteiger charge is -2.32. The highest BCUT2D eigenvalue weighted by molar-refractivity contribution is 5.93. The molecule has 1 amide bonds. The summed E-state index contributed by atoms with van der Waals surface area (Å²) >= 11 is 0. The van der Waals surface area contributed by atoms with Crippen molar-refractivity contribution in [3.63, 3.8) is 0 Å². The number of piperidine rings is 1. The van der Waals surface area contributed by atoms with Crippen LogP contribution in [0.2, 0.25) is 0 Å². The van der Waals surface area contributed by atoms with Gasteiger partial charge in [0, 0.05) is 24.7 Å². The molecule has 25 heavy (non-hydrogen) atoms. The molecule has 0 saturated carbocycles. The molecule has 5 heteroatoms. The zero-order valence-corrected chi connectivity index (χ0v) is 14.0. The van der Waals surface area contributed by atoms with Crippen LogP contribution in [0.5, 0.6) is 0 Å². The Balaban J connectivity index is 1.41. The molecule has 5 nitrogen and oxygen atoms in total. The highest BCUT2D eigenvalue weighted by atomic mass is 16.2. The number of fused-ring (bicyclic) bond motifs is 1. The summed E-state index contributed by atoms with van der Waals surface area (Å²) in [6, 6.07) is 12.2. The highest BCUT2D eigenvalue weighted by Gasteiger charge is 2.24. The minimum atomic E-state index is 0.0557. The van der Waals surface area contributed by atoms with Crippen molar-refractivity contribution in [2.45, 2.75) is 19.3 Å². The van der Waals surface area contributed by atoms with Gasteiger partial charge >= 0.3 is 0 Å². The Kier molecular flexibility index (Phi) is 4.37. The van der Waals surface area contributed by atoms with E-state index in [2.05, 4.69) is 39.4 Å². The fourth-order valence-electron chi connectivity index (χ4n) is 3.58. The lowest BCUT2D eigenvalue weighted by atomic mass is 9.89. The van der Waals surface area contributed by atoms with Gasteiger partial charge in [-0.25, -0.2) is 0 Å². The van der Waals surface area contributed by atoms with Gasteiger partial charge in [0.15, 0.2) is 0 Å². The van der Waals surface area contributed by atoms with E-state index in [0.717, 1.165) is 37.9 Å². The molecule has 126 valence electrons. The summed E-state index contributed by atoms with van der Waals surface area (Å²) in [5.74, 6) is 0.646. The Morgan fingerprint density at radius 2 is 1.88 bits per heavy atom. The molecular formula is C20H20N4O. The molecule has 0 radical (unpaired) electrons. The van der Waals surface area contributed by atoms with Crippen molar-refractivity contribution in [1.29, 1.82) is 0 Å². The summed E-state index contributed by atoms with van der Waals surface area (Å²) in [5, 5.41) is 8.72. The smallest absolute Gasteiger partial charge is 0.255 e. The molecule has 0 atom stereocenters. The number of benzene rings is 1. The highest BCUT2D eigenvalue weighted by Crippen LogP contribution is 2.25. The average molecular weight is 332 g/mol. The van der Waals surface area contributed by atoms with Crippen LogP contribution >= 0.6 is 0 Å². The van der Waals surface area contributed by atoms with E-state index in [0.29, 0.717) is 11.5 Å². The molecule has 4 rings (SSSR count). The van der Waals surface area contributed by atoms with Gasteiger partial charge in [-0.1, -0.05) is 24.3 Å². The standard InChI is InChI=1S/C20H20N4O/c25-20(18-6-10-22-23-14-18)24-11-7-15(8-12-24)13-17-4-1-3-16-5-2-9-21-19(16)17/h1-6,9-10,14-15H,7-8,11-13H2. The molecule has 2 aromatic heterocycles. The fraction of sp³-hybridized carbons (Fsp3) is 0.300. The SMILES string of the molecule is O=C(c1ccnnc1)N1CCC(Cc2cccc3cccnc23)CC1. The Bertz CT molecular complexity index is 868. The molecule has 0 bridgehead atoms. The van der Waals surface area contributed by atoms with E-state index in [1.807, 2.05) is 17.2 Å². The third kappa shape index (κ3) is 3.36. The predicted molar refractivity (Wildman–Crippen MR) is 96.1 cm³/mol. The molecule has 1 fully saturated rings. The van der Waals surface area contributed by atoms with Crippen molar-refractivity contribution in [1.82, 2.24) is 20.1 Å². The van der Waals surface area contributed by atoms with Crippen molar-refractivity contribution >= 4 is 16.8 Å². The fourth-order valence-corrected chi connectivity index (χ4v) is 3.58. The monoisotopic (exact) mass is 332 g/mol. The molecule has 0 unspecified atom stereocenters. The van der Waals surface area contributed by atoms with Gasteiger partial charge in [-0.15, -0.1) is 0 Å². The molecule has 3 aromatic rings. The minimum absolute atomic E-state index is 0.0557. The molecule has 1 aliphatic rings. The zero-order chi connectivity index (χ0) is 17.1. The lowest BCUT2D eigenvalue weighted by molar-refractivity contribution is 0.0690. The minimum Gasteiger partial charge on any atom is -0.339 e. The van der Waals surface area contributed by atoms with Crippen molar-refractivity contribution in [3.8, 4) is 0 Å². The Labute approximate surface area is 146 Å². The summed E-state index contributed by atoms with van der Waals surface area (Å²) in [7, 11) is 0. The number of rotatable bonds is 3. The van der Waals surface area contributed by atoms with E-state index in [1.54, 1.807) is 12.3 Å². The van der Waals surface area contributed by atoms with E-state index in [-0.39, 0.29) is 5.91 Å². The van der Waals surface area contributed by atoms with E-state index in [1.165, 1.54) is 17.1 Å². The first kappa shape index (κ1) is 15.7. The maximum atomic E-state index is 12.5. The second kappa shape index (κ2) is 6.97. The Morgan fingerprint density at radius 1 is 1.04 bits per heavy atom. The number of aromatic nitrogens is 3. The van der Waals surface area contributed by atoms with Gasteiger partial charge < -0.3 is 4.90 Å². The lowest BCUT2D eigenvalue weighted by Crippen LogP contribution is -2.39. The van der Waals surface area contributed by atoms with Gasteiger partial charge in [-0.05, 0) is 42.9 Å². The zero-order valence-electron chi connectivity index (χ0n) is 14.0. The normalized spacial score (nSPS) is 15.4. The number of carbonyl (C=O) groups excluding carboxylic acids is 1. The average Bonchev–Trinajstić information content (AvgIpc) is 2.69. The van der Waals surface area contributed by atoms with Crippen LogP contribution in [0.1, 0.15) is 28.8 Å². The Hall–Kier alpha value is -2.82. The molecule has 1 saturated heterocycles. The number of carbonyl (C=O) groups is 1. The van der Waals surface area contributed by atoms with Crippen LogP contribution in [0.25, 0.3) is 10.9 Å². The van der Waals surface area contributed by atoms with Gasteiger partial charge in [0.2, 0.25) is 0 Å². The van der Waals surface area contributed by atoms with Gasteiger partial charge in [-0.3, -0.25) is 9.78 Å². The van der Waals surface area contributed by atoms with Crippen LogP contribution in [0, 0.1) is 5.92 Å². The second-order valence-corrected chi connectivity index (χ2v) is 6.56. The number of amides is 1. The predicted octanol–water partition coefficient (Wildman–Crippen LogP) is 3.12. The molecular weight excluding hydrogens is 312 g/mol. The molecule has 3 heterocycles. The van der Waals surface area contributed by atoms with Crippen LogP contribution in [0.3, 0.4) is 0 Å². The summed E-state index contributed by atoms with van der Waals surface area (Å²) in [6.45, 7) is 1.59. The number of nitrogens with zero attached hydrogens (tertiary/aromatic N) is 4. The molecule has 0 N–H and O–H groups in total. The Morgan fingerprint density at radius 3 is 2.68 bits per heavy atom. The summed E-state index contributed by atoms with van der Waals surface area (Å²) < 4.78 is 0. The van der Waals surface area contributed by atoms with Gasteiger partial charge in [0.25, 0.3) is 5.91 Å². The topological polar surface area (TPSA) is 59.0 Å². The maximum absolute atomic E-state index is 12.5. The third-order valence-electron chi connectivity index (χ3n) is 4.96. The second-order valence-electron chi connectivity index (χ2n) is 6.56. The number of hydrogen-bond acceptors (Lipinski definition) is 4. The molecule has 0 spiro atoms. The van der Waals surface area contributed by atoms with Crippen LogP contribution < -0.4 is 0 Å². The first-order valence-electron chi connectivity index (χ1n) is 8.70. The van der Waals surface area contributed by atoms with Crippen molar-refractivity contribution in [2.24, 2.45) is 5.92 Å². The van der Waals surface area contributed by atoms with Crippen LogP contribution in [-0.4, -0.2) is 39.1 Å². The first-order valence-corrected chi connectivity index (χ1v) is 8.70.